The van der Waals surface area contributed by atoms with Crippen molar-refractivity contribution in [3.05, 3.63) is 0 Å². The Morgan fingerprint density at radius 3 is 2.72 bits per heavy atom. The molecule has 0 spiro atoms. The van der Waals surface area contributed by atoms with Crippen LogP contribution in [-0.4, -0.2) is 72.2 Å². The molecule has 1 saturated heterocycles. The molecule has 0 saturated carbocycles. The maximum absolute atomic E-state index is 12.2. The average molecular weight is 257 g/mol. The van der Waals surface area contributed by atoms with Crippen LogP contribution in [0.1, 0.15) is 27.2 Å². The highest BCUT2D eigenvalue weighted by atomic mass is 16.3. The molecule has 1 rings (SSSR count). The van der Waals surface area contributed by atoms with Crippen molar-refractivity contribution in [2.24, 2.45) is 0 Å². The summed E-state index contributed by atoms with van der Waals surface area (Å²) in [5, 5.41) is 13.1. The summed E-state index contributed by atoms with van der Waals surface area (Å²) in [6, 6.07) is 0. The van der Waals surface area contributed by atoms with Gasteiger partial charge in [-0.1, -0.05) is 0 Å². The molecule has 0 radical (unpaired) electrons. The third-order valence-electron chi connectivity index (χ3n) is 3.10. The highest BCUT2D eigenvalue weighted by molar-refractivity contribution is 5.78. The highest BCUT2D eigenvalue weighted by Crippen LogP contribution is 2.06. The topological polar surface area (TPSA) is 55.8 Å². The van der Waals surface area contributed by atoms with Gasteiger partial charge < -0.3 is 15.3 Å². The Bertz CT molecular complexity index is 255. The summed E-state index contributed by atoms with van der Waals surface area (Å²) in [6.07, 6.45) is 1.09. The number of hydrogen-bond donors (Lipinski definition) is 2. The van der Waals surface area contributed by atoms with E-state index >= 15 is 0 Å². The number of carbonyl (C=O) groups excluding carboxylic acids is 1. The molecule has 5 nitrogen and oxygen atoms in total. The second-order valence-electron chi connectivity index (χ2n) is 5.60. The number of aliphatic hydroxyl groups is 1. The number of likely N-dealkylation sites (N-methyl/N-ethyl adjacent to an activating group) is 1. The van der Waals surface area contributed by atoms with Gasteiger partial charge in [-0.15, -0.1) is 0 Å². The van der Waals surface area contributed by atoms with Gasteiger partial charge in [0.1, 0.15) is 0 Å². The van der Waals surface area contributed by atoms with Crippen molar-refractivity contribution in [3.8, 4) is 0 Å². The number of nitrogens with zero attached hydrogens (tertiary/aromatic N) is 2. The fraction of sp³-hybridized carbons (Fsp3) is 0.923. The molecule has 0 bridgehead atoms. The van der Waals surface area contributed by atoms with Crippen LogP contribution in [0.15, 0.2) is 0 Å². The van der Waals surface area contributed by atoms with Crippen molar-refractivity contribution in [3.63, 3.8) is 0 Å². The van der Waals surface area contributed by atoms with Crippen molar-refractivity contribution < 1.29 is 9.90 Å². The van der Waals surface area contributed by atoms with Gasteiger partial charge in [-0.05, 0) is 40.3 Å². The van der Waals surface area contributed by atoms with Crippen LogP contribution in [0.3, 0.4) is 0 Å². The maximum Gasteiger partial charge on any atom is 0.236 e. The van der Waals surface area contributed by atoms with Crippen LogP contribution < -0.4 is 5.32 Å². The molecule has 0 aromatic carbocycles. The van der Waals surface area contributed by atoms with E-state index in [1.165, 1.54) is 0 Å². The van der Waals surface area contributed by atoms with Gasteiger partial charge in [0.25, 0.3) is 0 Å². The van der Waals surface area contributed by atoms with Crippen molar-refractivity contribution in [1.29, 1.82) is 0 Å². The number of nitrogens with one attached hydrogen (secondary N) is 1. The van der Waals surface area contributed by atoms with E-state index in [2.05, 4.69) is 10.2 Å². The molecule has 5 heteroatoms. The van der Waals surface area contributed by atoms with Crippen molar-refractivity contribution in [2.45, 2.75) is 32.8 Å². The van der Waals surface area contributed by atoms with Crippen molar-refractivity contribution in [1.82, 2.24) is 15.1 Å². The molecule has 2 N–H and O–H groups in total. The molecular formula is C13H27N3O2. The average Bonchev–Trinajstić information content (AvgIpc) is 2.53. The molecular weight excluding hydrogens is 230 g/mol. The Morgan fingerprint density at radius 2 is 2.11 bits per heavy atom. The third kappa shape index (κ3) is 5.80. The summed E-state index contributed by atoms with van der Waals surface area (Å²) in [5.41, 5.74) is -0.827. The smallest absolute Gasteiger partial charge is 0.236 e. The van der Waals surface area contributed by atoms with Crippen LogP contribution in [0.4, 0.5) is 0 Å². The van der Waals surface area contributed by atoms with Crippen LogP contribution in [-0.2, 0) is 4.79 Å². The zero-order valence-corrected chi connectivity index (χ0v) is 11.9. The Kier molecular flexibility index (Phi) is 6.05. The minimum Gasteiger partial charge on any atom is -0.389 e. The van der Waals surface area contributed by atoms with Gasteiger partial charge in [-0.3, -0.25) is 9.69 Å². The Hall–Kier alpha value is -0.650. The molecule has 0 unspecified atom stereocenters. The predicted molar refractivity (Wildman–Crippen MR) is 72.5 cm³/mol. The molecule has 1 aliphatic rings. The largest absolute Gasteiger partial charge is 0.389 e. The second kappa shape index (κ2) is 7.07. The third-order valence-corrected chi connectivity index (χ3v) is 3.10. The lowest BCUT2D eigenvalue weighted by molar-refractivity contribution is -0.135. The summed E-state index contributed by atoms with van der Waals surface area (Å²) in [7, 11) is 0. The zero-order chi connectivity index (χ0) is 13.6. The van der Waals surface area contributed by atoms with E-state index in [1.54, 1.807) is 18.7 Å². The van der Waals surface area contributed by atoms with Gasteiger partial charge in [0, 0.05) is 26.2 Å². The Labute approximate surface area is 110 Å². The number of rotatable bonds is 5. The molecule has 0 atom stereocenters. The van der Waals surface area contributed by atoms with E-state index < -0.39 is 5.60 Å². The fourth-order valence-electron chi connectivity index (χ4n) is 2.19. The Balaban J connectivity index is 2.45. The van der Waals surface area contributed by atoms with Crippen molar-refractivity contribution in [2.75, 3.05) is 45.8 Å². The predicted octanol–water partition coefficient (Wildman–Crippen LogP) is -0.0989. The molecule has 0 aromatic rings. The van der Waals surface area contributed by atoms with E-state index in [-0.39, 0.29) is 5.91 Å². The summed E-state index contributed by atoms with van der Waals surface area (Å²) in [4.78, 5) is 16.1. The van der Waals surface area contributed by atoms with Crippen molar-refractivity contribution >= 4 is 5.91 Å². The van der Waals surface area contributed by atoms with Gasteiger partial charge >= 0.3 is 0 Å². The first-order valence-corrected chi connectivity index (χ1v) is 6.85. The quantitative estimate of drug-likeness (QED) is 0.722. The number of hydrogen-bond acceptors (Lipinski definition) is 4. The lowest BCUT2D eigenvalue weighted by Crippen LogP contribution is -2.46. The van der Waals surface area contributed by atoms with Crippen LogP contribution in [0.2, 0.25) is 0 Å². The molecule has 1 amide bonds. The van der Waals surface area contributed by atoms with Gasteiger partial charge in [-0.25, -0.2) is 0 Å². The first-order valence-electron chi connectivity index (χ1n) is 6.85. The minimum absolute atomic E-state index is 0.113. The second-order valence-corrected chi connectivity index (χ2v) is 5.60. The summed E-state index contributed by atoms with van der Waals surface area (Å²) in [5.74, 6) is 0.113. The fourth-order valence-corrected chi connectivity index (χ4v) is 2.19. The van der Waals surface area contributed by atoms with E-state index in [0.29, 0.717) is 19.6 Å². The monoisotopic (exact) mass is 257 g/mol. The maximum atomic E-state index is 12.2. The number of carbonyl (C=O) groups is 1. The lowest BCUT2D eigenvalue weighted by atomic mass is 10.1. The van der Waals surface area contributed by atoms with Crippen LogP contribution in [0.5, 0.6) is 0 Å². The van der Waals surface area contributed by atoms with E-state index in [4.69, 9.17) is 0 Å². The van der Waals surface area contributed by atoms with Gasteiger partial charge in [-0.2, -0.15) is 0 Å². The van der Waals surface area contributed by atoms with Crippen LogP contribution in [0, 0.1) is 0 Å². The Morgan fingerprint density at radius 1 is 1.39 bits per heavy atom. The summed E-state index contributed by atoms with van der Waals surface area (Å²) >= 11 is 0. The summed E-state index contributed by atoms with van der Waals surface area (Å²) in [6.45, 7) is 10.8. The molecule has 1 heterocycles. The number of amides is 1. The van der Waals surface area contributed by atoms with Gasteiger partial charge in [0.15, 0.2) is 0 Å². The minimum atomic E-state index is -0.827. The molecule has 106 valence electrons. The van der Waals surface area contributed by atoms with Gasteiger partial charge in [0.2, 0.25) is 5.91 Å². The first kappa shape index (κ1) is 15.4. The highest BCUT2D eigenvalue weighted by Gasteiger charge is 2.22. The normalized spacial score (nSPS) is 18.4. The molecule has 1 aliphatic heterocycles. The molecule has 1 fully saturated rings. The lowest BCUT2D eigenvalue weighted by Gasteiger charge is -2.30. The first-order chi connectivity index (χ1) is 8.42. The summed E-state index contributed by atoms with van der Waals surface area (Å²) < 4.78 is 0. The van der Waals surface area contributed by atoms with E-state index in [1.807, 2.05) is 6.92 Å². The SMILES string of the molecule is CCN(CC(C)(C)O)C(=O)CN1CCCNCC1. The van der Waals surface area contributed by atoms with Gasteiger partial charge in [0.05, 0.1) is 12.1 Å². The standard InChI is InChI=1S/C13H27N3O2/c1-4-16(11-13(2,3)18)12(17)10-15-8-5-6-14-7-9-15/h14,18H,4-11H2,1-3H3. The van der Waals surface area contributed by atoms with Crippen LogP contribution >= 0.6 is 0 Å². The molecule has 0 aliphatic carbocycles. The molecule has 18 heavy (non-hydrogen) atoms. The van der Waals surface area contributed by atoms with E-state index in [0.717, 1.165) is 32.6 Å². The van der Waals surface area contributed by atoms with Crippen LogP contribution in [0.25, 0.3) is 0 Å². The van der Waals surface area contributed by atoms with E-state index in [9.17, 15) is 9.90 Å². The molecule has 0 aromatic heterocycles. The zero-order valence-electron chi connectivity index (χ0n) is 11.9.